The van der Waals surface area contributed by atoms with Gasteiger partial charge in [0.05, 0.1) is 18.1 Å². The maximum Gasteiger partial charge on any atom is 0.128 e. The summed E-state index contributed by atoms with van der Waals surface area (Å²) in [6.45, 7) is 0. The molecule has 0 saturated heterocycles. The highest BCUT2D eigenvalue weighted by molar-refractivity contribution is 6.16. The third-order valence-corrected chi connectivity index (χ3v) is 1.69. The van der Waals surface area contributed by atoms with Crippen LogP contribution in [0.5, 0.6) is 0 Å². The zero-order valence-corrected chi connectivity index (χ0v) is 7.41. The number of rotatable bonds is 1. The highest BCUT2D eigenvalue weighted by Crippen LogP contribution is 2.04. The molecule has 1 N–H and O–H groups in total. The predicted molar refractivity (Wildman–Crippen MR) is 58.1 cm³/mol. The average molecular weight is 187 g/mol. The van der Waals surface area contributed by atoms with Crippen LogP contribution in [-0.4, -0.2) is 30.9 Å². The highest BCUT2D eigenvalue weighted by Gasteiger charge is 2.10. The summed E-state index contributed by atoms with van der Waals surface area (Å²) in [6, 6.07) is -0.141. The van der Waals surface area contributed by atoms with E-state index in [2.05, 4.69) is 25.5 Å². The molecule has 0 spiro atoms. The van der Waals surface area contributed by atoms with Crippen LogP contribution in [0.3, 0.4) is 0 Å². The molecule has 0 saturated carbocycles. The van der Waals surface area contributed by atoms with E-state index in [9.17, 15) is 0 Å². The number of nitrogens with one attached hydrogen (secondary N) is 1. The minimum absolute atomic E-state index is 0.141. The fraction of sp³-hybridized carbons (Fsp3) is 0.111. The molecule has 0 radical (unpaired) electrons. The van der Waals surface area contributed by atoms with Gasteiger partial charge in [-0.3, -0.25) is 20.4 Å². The normalized spacial score (nSPS) is 24.0. The lowest BCUT2D eigenvalue weighted by Gasteiger charge is -2.08. The fourth-order valence-electron chi connectivity index (χ4n) is 1.04. The summed E-state index contributed by atoms with van der Waals surface area (Å²) in [4.78, 5) is 12.3. The van der Waals surface area contributed by atoms with E-state index < -0.39 is 0 Å². The molecule has 0 fully saturated rings. The summed E-state index contributed by atoms with van der Waals surface area (Å²) in [5, 5.41) is 3.91. The molecule has 2 heterocycles. The van der Waals surface area contributed by atoms with Gasteiger partial charge in [0.1, 0.15) is 6.04 Å². The van der Waals surface area contributed by atoms with E-state index in [-0.39, 0.29) is 6.04 Å². The highest BCUT2D eigenvalue weighted by atomic mass is 15.3. The summed E-state index contributed by atoms with van der Waals surface area (Å²) < 4.78 is 0. The first-order chi connectivity index (χ1) is 6.97. The van der Waals surface area contributed by atoms with Crippen LogP contribution in [0.2, 0.25) is 0 Å². The SMILES string of the molecule is C1=CN=CC(C2=CN=CC=NN2)N=C1. The second-order valence-electron chi connectivity index (χ2n) is 2.66. The van der Waals surface area contributed by atoms with Crippen molar-refractivity contribution in [3.8, 4) is 0 Å². The Labute approximate surface area is 81.4 Å². The molecule has 0 bridgehead atoms. The zero-order chi connectivity index (χ0) is 9.64. The van der Waals surface area contributed by atoms with Gasteiger partial charge in [-0.1, -0.05) is 0 Å². The van der Waals surface area contributed by atoms with Crippen LogP contribution in [0.25, 0.3) is 0 Å². The van der Waals surface area contributed by atoms with Crippen LogP contribution in [0.15, 0.2) is 44.3 Å². The van der Waals surface area contributed by atoms with E-state index in [4.69, 9.17) is 0 Å². The van der Waals surface area contributed by atoms with Crippen LogP contribution in [-0.2, 0) is 0 Å². The van der Waals surface area contributed by atoms with Crippen LogP contribution in [0.1, 0.15) is 0 Å². The minimum Gasteiger partial charge on any atom is -0.278 e. The molecule has 0 amide bonds. The van der Waals surface area contributed by atoms with Gasteiger partial charge in [-0.15, -0.1) is 0 Å². The minimum atomic E-state index is -0.141. The molecular weight excluding hydrogens is 178 g/mol. The number of hydrogen-bond donors (Lipinski definition) is 1. The van der Waals surface area contributed by atoms with Crippen molar-refractivity contribution in [2.24, 2.45) is 20.1 Å². The fourth-order valence-corrected chi connectivity index (χ4v) is 1.04. The molecule has 5 heteroatoms. The molecule has 0 aromatic carbocycles. The lowest BCUT2D eigenvalue weighted by molar-refractivity contribution is 0.813. The number of nitrogens with zero attached hydrogens (tertiary/aromatic N) is 4. The molecule has 70 valence electrons. The van der Waals surface area contributed by atoms with Crippen molar-refractivity contribution in [1.82, 2.24) is 5.43 Å². The third kappa shape index (κ3) is 2.01. The number of allylic oxidation sites excluding steroid dienone is 1. The molecule has 5 nitrogen and oxygen atoms in total. The molecule has 1 atom stereocenters. The quantitative estimate of drug-likeness (QED) is 0.639. The summed E-state index contributed by atoms with van der Waals surface area (Å²) in [5.41, 5.74) is 3.66. The molecule has 14 heavy (non-hydrogen) atoms. The van der Waals surface area contributed by atoms with Crippen LogP contribution >= 0.6 is 0 Å². The maximum absolute atomic E-state index is 4.25. The van der Waals surface area contributed by atoms with Crippen molar-refractivity contribution < 1.29 is 0 Å². The molecule has 2 rings (SSSR count). The Morgan fingerprint density at radius 1 is 1.14 bits per heavy atom. The number of hydrogen-bond acceptors (Lipinski definition) is 5. The summed E-state index contributed by atoms with van der Waals surface area (Å²) in [7, 11) is 0. The van der Waals surface area contributed by atoms with Gasteiger partial charge in [0, 0.05) is 24.8 Å². The van der Waals surface area contributed by atoms with Gasteiger partial charge in [-0.2, -0.15) is 5.10 Å². The lowest BCUT2D eigenvalue weighted by atomic mass is 10.2. The molecule has 1 unspecified atom stereocenters. The van der Waals surface area contributed by atoms with Crippen molar-refractivity contribution in [2.45, 2.75) is 6.04 Å². The standard InChI is InChI=1S/C9H9N5/c1-2-10-6-8(12-3-1)9-7-11-4-5-13-14-9/h1-8,14H. The average Bonchev–Trinajstić information content (AvgIpc) is 2.62. The van der Waals surface area contributed by atoms with E-state index in [1.165, 1.54) is 0 Å². The molecule has 0 aromatic heterocycles. The van der Waals surface area contributed by atoms with Gasteiger partial charge >= 0.3 is 0 Å². The summed E-state index contributed by atoms with van der Waals surface area (Å²) in [6.07, 6.45) is 11.8. The van der Waals surface area contributed by atoms with Gasteiger partial charge in [0.2, 0.25) is 0 Å². The second-order valence-corrected chi connectivity index (χ2v) is 2.66. The van der Waals surface area contributed by atoms with Gasteiger partial charge < -0.3 is 0 Å². The lowest BCUT2D eigenvalue weighted by Crippen LogP contribution is -2.19. The first-order valence-electron chi connectivity index (χ1n) is 4.19. The van der Waals surface area contributed by atoms with E-state index in [1.54, 1.807) is 43.3 Å². The summed E-state index contributed by atoms with van der Waals surface area (Å²) in [5.74, 6) is 0. The molecular formula is C9H9N5. The van der Waals surface area contributed by atoms with Crippen LogP contribution < -0.4 is 5.43 Å². The van der Waals surface area contributed by atoms with Gasteiger partial charge in [-0.05, 0) is 6.08 Å². The molecule has 2 aliphatic rings. The topological polar surface area (TPSA) is 61.5 Å². The van der Waals surface area contributed by atoms with E-state index in [1.807, 2.05) is 0 Å². The van der Waals surface area contributed by atoms with Crippen molar-refractivity contribution >= 4 is 24.9 Å². The van der Waals surface area contributed by atoms with E-state index in [0.717, 1.165) is 5.70 Å². The van der Waals surface area contributed by atoms with Gasteiger partial charge in [-0.25, -0.2) is 0 Å². The molecule has 0 aromatic rings. The van der Waals surface area contributed by atoms with Crippen molar-refractivity contribution in [2.75, 3.05) is 0 Å². The molecule has 2 aliphatic heterocycles. The van der Waals surface area contributed by atoms with Gasteiger partial charge in [0.25, 0.3) is 0 Å². The first-order valence-corrected chi connectivity index (χ1v) is 4.19. The number of hydrazone groups is 1. The largest absolute Gasteiger partial charge is 0.278 e. The van der Waals surface area contributed by atoms with Crippen molar-refractivity contribution in [3.63, 3.8) is 0 Å². The third-order valence-electron chi connectivity index (χ3n) is 1.69. The Bertz CT molecular complexity index is 357. The molecule has 0 aliphatic carbocycles. The van der Waals surface area contributed by atoms with Crippen LogP contribution in [0.4, 0.5) is 0 Å². The number of aliphatic imine (C=N–C) groups is 3. The van der Waals surface area contributed by atoms with Gasteiger partial charge in [0.15, 0.2) is 0 Å². The predicted octanol–water partition coefficient (Wildman–Crippen LogP) is 0.525. The Balaban J connectivity index is 2.18. The Morgan fingerprint density at radius 2 is 2.14 bits per heavy atom. The maximum atomic E-state index is 4.25. The van der Waals surface area contributed by atoms with E-state index >= 15 is 0 Å². The van der Waals surface area contributed by atoms with Crippen molar-refractivity contribution in [3.05, 3.63) is 24.2 Å². The van der Waals surface area contributed by atoms with Crippen LogP contribution in [0, 0.1) is 0 Å². The summed E-state index contributed by atoms with van der Waals surface area (Å²) >= 11 is 0. The Hall–Kier alpha value is -2.04. The first kappa shape index (κ1) is 8.55. The Kier molecular flexibility index (Phi) is 2.61. The van der Waals surface area contributed by atoms with Crippen molar-refractivity contribution in [1.29, 1.82) is 0 Å². The van der Waals surface area contributed by atoms with E-state index in [0.29, 0.717) is 0 Å². The monoisotopic (exact) mass is 187 g/mol. The zero-order valence-electron chi connectivity index (χ0n) is 7.41. The Morgan fingerprint density at radius 3 is 3.14 bits per heavy atom. The second kappa shape index (κ2) is 4.27. The smallest absolute Gasteiger partial charge is 0.128 e.